The van der Waals surface area contributed by atoms with Gasteiger partial charge in [-0.1, -0.05) is 0 Å². The number of ether oxygens (including phenoxy) is 1. The standard InChI is InChI=1S/C18H26N2O4/c1-3-20(15-10-24-11-16(21)17(15)22)18(23)13-6-7-14-12(9-13)5-4-8-19(14)2/h6-7,9,15-17,21-22H,3-5,8,10-11H2,1-2H3/t15-,16-,17+/m1/s1. The second-order valence-electron chi connectivity index (χ2n) is 6.62. The second-order valence-corrected chi connectivity index (χ2v) is 6.62. The fourth-order valence-corrected chi connectivity index (χ4v) is 3.65. The van der Waals surface area contributed by atoms with Crippen molar-refractivity contribution in [1.82, 2.24) is 4.90 Å². The largest absolute Gasteiger partial charge is 0.388 e. The molecule has 2 heterocycles. The summed E-state index contributed by atoms with van der Waals surface area (Å²) < 4.78 is 5.33. The summed E-state index contributed by atoms with van der Waals surface area (Å²) in [4.78, 5) is 16.8. The number of carbonyl (C=O) groups excluding carboxylic acids is 1. The van der Waals surface area contributed by atoms with E-state index >= 15 is 0 Å². The Bertz CT molecular complexity index is 607. The molecule has 6 heteroatoms. The van der Waals surface area contributed by atoms with Crippen molar-refractivity contribution < 1.29 is 19.7 Å². The number of hydrogen-bond donors (Lipinski definition) is 2. The zero-order valence-corrected chi connectivity index (χ0v) is 14.3. The number of rotatable bonds is 3. The topological polar surface area (TPSA) is 73.2 Å². The van der Waals surface area contributed by atoms with Gasteiger partial charge >= 0.3 is 0 Å². The molecule has 0 bridgehead atoms. The van der Waals surface area contributed by atoms with Crippen molar-refractivity contribution in [3.05, 3.63) is 29.3 Å². The number of carbonyl (C=O) groups is 1. The monoisotopic (exact) mass is 334 g/mol. The number of fused-ring (bicyclic) bond motifs is 1. The maximum Gasteiger partial charge on any atom is 0.254 e. The van der Waals surface area contributed by atoms with Gasteiger partial charge in [0.1, 0.15) is 12.2 Å². The molecule has 6 nitrogen and oxygen atoms in total. The van der Waals surface area contributed by atoms with Crippen molar-refractivity contribution in [1.29, 1.82) is 0 Å². The summed E-state index contributed by atoms with van der Waals surface area (Å²) in [6.45, 7) is 3.70. The van der Waals surface area contributed by atoms with Crippen molar-refractivity contribution in [2.75, 3.05) is 38.3 Å². The summed E-state index contributed by atoms with van der Waals surface area (Å²) >= 11 is 0. The van der Waals surface area contributed by atoms with Gasteiger partial charge in [0.15, 0.2) is 0 Å². The predicted molar refractivity (Wildman–Crippen MR) is 91.4 cm³/mol. The first-order valence-corrected chi connectivity index (χ1v) is 8.61. The van der Waals surface area contributed by atoms with Crippen LogP contribution in [0.15, 0.2) is 18.2 Å². The third-order valence-corrected chi connectivity index (χ3v) is 5.04. The zero-order valence-electron chi connectivity index (χ0n) is 14.3. The van der Waals surface area contributed by atoms with E-state index in [-0.39, 0.29) is 19.1 Å². The lowest BCUT2D eigenvalue weighted by molar-refractivity contribution is -0.125. The molecule has 0 aliphatic carbocycles. The number of aryl methyl sites for hydroxylation is 1. The minimum absolute atomic E-state index is 0.106. The van der Waals surface area contributed by atoms with Gasteiger partial charge in [-0.3, -0.25) is 4.79 Å². The van der Waals surface area contributed by atoms with Gasteiger partial charge in [-0.05, 0) is 43.5 Å². The summed E-state index contributed by atoms with van der Waals surface area (Å²) in [7, 11) is 2.06. The number of amides is 1. The van der Waals surface area contributed by atoms with Crippen LogP contribution in [0.25, 0.3) is 0 Å². The number of likely N-dealkylation sites (N-methyl/N-ethyl adjacent to an activating group) is 1. The molecule has 3 rings (SSSR count). The van der Waals surface area contributed by atoms with Gasteiger partial charge in [0.25, 0.3) is 5.91 Å². The molecule has 24 heavy (non-hydrogen) atoms. The van der Waals surface area contributed by atoms with Gasteiger partial charge in [-0.25, -0.2) is 0 Å². The number of hydrogen-bond acceptors (Lipinski definition) is 5. The van der Waals surface area contributed by atoms with Crippen LogP contribution in [-0.2, 0) is 11.2 Å². The highest BCUT2D eigenvalue weighted by molar-refractivity contribution is 5.95. The zero-order chi connectivity index (χ0) is 17.3. The van der Waals surface area contributed by atoms with E-state index in [0.717, 1.165) is 19.4 Å². The Labute approximate surface area is 142 Å². The second kappa shape index (κ2) is 7.09. The minimum Gasteiger partial charge on any atom is -0.388 e. The van der Waals surface area contributed by atoms with E-state index in [1.165, 1.54) is 11.3 Å². The van der Waals surface area contributed by atoms with Gasteiger partial charge in [0.2, 0.25) is 0 Å². The van der Waals surface area contributed by atoms with Crippen LogP contribution in [-0.4, -0.2) is 72.6 Å². The summed E-state index contributed by atoms with van der Waals surface area (Å²) in [5, 5.41) is 20.0. The normalized spacial score (nSPS) is 26.8. The maximum absolute atomic E-state index is 13.0. The molecule has 2 aliphatic heterocycles. The Balaban J connectivity index is 1.84. The van der Waals surface area contributed by atoms with E-state index in [1.54, 1.807) is 4.90 Å². The van der Waals surface area contributed by atoms with Crippen molar-refractivity contribution in [3.8, 4) is 0 Å². The Hall–Kier alpha value is -1.63. The minimum atomic E-state index is -0.980. The van der Waals surface area contributed by atoms with Gasteiger partial charge in [0.05, 0.1) is 19.3 Å². The molecule has 0 unspecified atom stereocenters. The van der Waals surface area contributed by atoms with Gasteiger partial charge in [0, 0.05) is 31.4 Å². The van der Waals surface area contributed by atoms with Crippen LogP contribution < -0.4 is 4.90 Å². The Morgan fingerprint density at radius 2 is 2.17 bits per heavy atom. The molecule has 0 spiro atoms. The van der Waals surface area contributed by atoms with Crippen LogP contribution in [0, 0.1) is 0 Å². The molecule has 1 fully saturated rings. The summed E-state index contributed by atoms with van der Waals surface area (Å²) in [5.41, 5.74) is 2.99. The third-order valence-electron chi connectivity index (χ3n) is 5.04. The number of aliphatic hydroxyl groups is 2. The van der Waals surface area contributed by atoms with Gasteiger partial charge in [-0.15, -0.1) is 0 Å². The maximum atomic E-state index is 13.0. The molecule has 0 saturated carbocycles. The lowest BCUT2D eigenvalue weighted by Crippen LogP contribution is -2.57. The lowest BCUT2D eigenvalue weighted by atomic mass is 9.97. The van der Waals surface area contributed by atoms with Crippen LogP contribution in [0.3, 0.4) is 0 Å². The molecular formula is C18H26N2O4. The van der Waals surface area contributed by atoms with Crippen molar-refractivity contribution in [2.45, 2.75) is 38.0 Å². The molecule has 2 aliphatic rings. The highest BCUT2D eigenvalue weighted by Crippen LogP contribution is 2.28. The fourth-order valence-electron chi connectivity index (χ4n) is 3.65. The molecule has 3 atom stereocenters. The summed E-state index contributed by atoms with van der Waals surface area (Å²) in [6.07, 6.45) is 0.120. The van der Waals surface area contributed by atoms with E-state index < -0.39 is 18.2 Å². The Kier molecular flexibility index (Phi) is 5.08. The average Bonchev–Trinajstić information content (AvgIpc) is 2.59. The van der Waals surface area contributed by atoms with Crippen LogP contribution in [0.1, 0.15) is 29.3 Å². The van der Waals surface area contributed by atoms with Crippen LogP contribution in [0.2, 0.25) is 0 Å². The third kappa shape index (κ3) is 3.14. The molecule has 0 aromatic heterocycles. The molecule has 1 aromatic rings. The number of benzene rings is 1. The van der Waals surface area contributed by atoms with Crippen LogP contribution in [0.4, 0.5) is 5.69 Å². The number of anilines is 1. The number of nitrogens with zero attached hydrogens (tertiary/aromatic N) is 2. The number of aliphatic hydroxyl groups excluding tert-OH is 2. The first-order valence-electron chi connectivity index (χ1n) is 8.61. The Morgan fingerprint density at radius 3 is 2.92 bits per heavy atom. The molecule has 1 aromatic carbocycles. The molecule has 0 radical (unpaired) electrons. The highest BCUT2D eigenvalue weighted by Gasteiger charge is 2.37. The summed E-state index contributed by atoms with van der Waals surface area (Å²) in [5.74, 6) is -0.129. The fraction of sp³-hybridized carbons (Fsp3) is 0.611. The predicted octanol–water partition coefficient (Wildman–Crippen LogP) is 0.652. The lowest BCUT2D eigenvalue weighted by Gasteiger charge is -2.39. The van der Waals surface area contributed by atoms with Gasteiger partial charge < -0.3 is 24.7 Å². The molecule has 132 valence electrons. The van der Waals surface area contributed by atoms with E-state index in [0.29, 0.717) is 12.1 Å². The van der Waals surface area contributed by atoms with Crippen molar-refractivity contribution in [3.63, 3.8) is 0 Å². The van der Waals surface area contributed by atoms with Gasteiger partial charge in [-0.2, -0.15) is 0 Å². The van der Waals surface area contributed by atoms with Crippen molar-refractivity contribution >= 4 is 11.6 Å². The Morgan fingerprint density at radius 1 is 1.38 bits per heavy atom. The van der Waals surface area contributed by atoms with Crippen LogP contribution in [0.5, 0.6) is 0 Å². The van der Waals surface area contributed by atoms with Crippen LogP contribution >= 0.6 is 0 Å². The quantitative estimate of drug-likeness (QED) is 0.849. The average molecular weight is 334 g/mol. The molecule has 2 N–H and O–H groups in total. The molecular weight excluding hydrogens is 308 g/mol. The van der Waals surface area contributed by atoms with E-state index in [4.69, 9.17) is 4.74 Å². The summed E-state index contributed by atoms with van der Waals surface area (Å²) in [6, 6.07) is 5.28. The van der Waals surface area contributed by atoms with E-state index in [9.17, 15) is 15.0 Å². The first kappa shape index (κ1) is 17.2. The first-order chi connectivity index (χ1) is 11.5. The smallest absolute Gasteiger partial charge is 0.254 e. The van der Waals surface area contributed by atoms with Crippen molar-refractivity contribution in [2.24, 2.45) is 0 Å². The SMILES string of the molecule is CCN(C(=O)c1ccc2c(c1)CCCN2C)[C@@H]1COC[C@@H](O)[C@H]1O. The highest BCUT2D eigenvalue weighted by atomic mass is 16.5. The van der Waals surface area contributed by atoms with E-state index in [1.807, 2.05) is 25.1 Å². The molecule has 1 amide bonds. The van der Waals surface area contributed by atoms with E-state index in [2.05, 4.69) is 11.9 Å². The molecule has 1 saturated heterocycles.